The number of carbonyl (C=O) groups excluding carboxylic acids is 1. The highest BCUT2D eigenvalue weighted by Crippen LogP contribution is 2.39. The molecule has 1 atom stereocenters. The first-order valence-electron chi connectivity index (χ1n) is 11.1. The van der Waals surface area contributed by atoms with Gasteiger partial charge >= 0.3 is 5.56 Å². The number of aromatic nitrogens is 1. The quantitative estimate of drug-likeness (QED) is 0.306. The van der Waals surface area contributed by atoms with Gasteiger partial charge in [-0.2, -0.15) is 0 Å². The molecule has 0 spiro atoms. The summed E-state index contributed by atoms with van der Waals surface area (Å²) in [6.45, 7) is 0.476. The van der Waals surface area contributed by atoms with E-state index in [1.54, 1.807) is 42.5 Å². The molecule has 0 aliphatic rings. The molecule has 0 fully saturated rings. The fourth-order valence-corrected chi connectivity index (χ4v) is 5.48. The van der Waals surface area contributed by atoms with Crippen LogP contribution in [0.2, 0.25) is 0 Å². The Labute approximate surface area is 206 Å². The van der Waals surface area contributed by atoms with Gasteiger partial charge in [-0.25, -0.2) is 8.42 Å². The molecule has 0 saturated heterocycles. The number of nitrogens with two attached hydrogens (primary N) is 1. The molecule has 1 aromatic heterocycles. The molecule has 2 N–H and O–H groups in total. The molecule has 1 heterocycles. The summed E-state index contributed by atoms with van der Waals surface area (Å²) >= 11 is 0. The number of primary amides is 1. The molecule has 0 saturated carbocycles. The molecule has 1 amide bonds. The summed E-state index contributed by atoms with van der Waals surface area (Å²) in [6.07, 6.45) is 0. The third-order valence-electron chi connectivity index (χ3n) is 5.98. The first-order chi connectivity index (χ1) is 17.4. The summed E-state index contributed by atoms with van der Waals surface area (Å²) in [4.78, 5) is 24.0. The van der Waals surface area contributed by atoms with Crippen LogP contribution in [-0.2, 0) is 16.4 Å². The maximum absolute atomic E-state index is 13.1. The van der Waals surface area contributed by atoms with Crippen LogP contribution in [-0.4, -0.2) is 24.5 Å². The zero-order chi connectivity index (χ0) is 25.3. The standard InChI is InChI=1S/C27H21N3O5S/c28-26(31)20-13-7-14-21-24(20)25-22(30(21)17-18-9-3-1-4-10-18)15-8-16-23(25)35-27(29-32)36(33,34)19-11-5-2-6-12-19/h1-16,27H,17H2,(H2,28,31). The van der Waals surface area contributed by atoms with Gasteiger partial charge in [-0.05, 0) is 47.1 Å². The second-order valence-corrected chi connectivity index (χ2v) is 10.1. The number of sulfone groups is 1. The lowest BCUT2D eigenvalue weighted by atomic mass is 10.1. The van der Waals surface area contributed by atoms with Crippen LogP contribution in [0.25, 0.3) is 21.8 Å². The van der Waals surface area contributed by atoms with Gasteiger partial charge in [0.05, 0.1) is 21.3 Å². The summed E-state index contributed by atoms with van der Waals surface area (Å²) in [6, 6.07) is 27.5. The van der Waals surface area contributed by atoms with Crippen LogP contribution in [0.15, 0.2) is 107 Å². The monoisotopic (exact) mass is 499 g/mol. The van der Waals surface area contributed by atoms with Gasteiger partial charge < -0.3 is 15.0 Å². The average molecular weight is 500 g/mol. The number of nitroso groups, excluding NO2 is 1. The second-order valence-electron chi connectivity index (χ2n) is 8.17. The zero-order valence-corrected chi connectivity index (χ0v) is 19.8. The van der Waals surface area contributed by atoms with E-state index in [4.69, 9.17) is 10.5 Å². The molecule has 9 heteroatoms. The number of nitrogens with zero attached hydrogens (tertiary/aromatic N) is 2. The van der Waals surface area contributed by atoms with Crippen molar-refractivity contribution in [3.63, 3.8) is 0 Å². The number of hydrogen-bond donors (Lipinski definition) is 1. The van der Waals surface area contributed by atoms with Crippen molar-refractivity contribution in [2.75, 3.05) is 0 Å². The lowest BCUT2D eigenvalue weighted by Crippen LogP contribution is -2.25. The molecule has 0 aliphatic carbocycles. The number of carbonyl (C=O) groups is 1. The van der Waals surface area contributed by atoms with Gasteiger partial charge in [0.2, 0.25) is 15.7 Å². The number of hydrogen-bond acceptors (Lipinski definition) is 6. The minimum Gasteiger partial charge on any atom is -0.451 e. The highest BCUT2D eigenvalue weighted by molar-refractivity contribution is 7.91. The van der Waals surface area contributed by atoms with E-state index >= 15 is 0 Å². The van der Waals surface area contributed by atoms with E-state index in [0.29, 0.717) is 28.4 Å². The fraction of sp³-hybridized carbons (Fsp3) is 0.0741. The van der Waals surface area contributed by atoms with Gasteiger partial charge in [-0.3, -0.25) is 4.79 Å². The van der Waals surface area contributed by atoms with Crippen LogP contribution in [0, 0.1) is 4.91 Å². The van der Waals surface area contributed by atoms with Gasteiger partial charge in [0.15, 0.2) is 0 Å². The van der Waals surface area contributed by atoms with Crippen LogP contribution < -0.4 is 10.5 Å². The Hall–Kier alpha value is -4.50. The summed E-state index contributed by atoms with van der Waals surface area (Å²) in [5.41, 5.74) is 6.34. The van der Waals surface area contributed by atoms with Crippen LogP contribution in [0.5, 0.6) is 5.75 Å². The summed E-state index contributed by atoms with van der Waals surface area (Å²) in [7, 11) is -4.24. The van der Waals surface area contributed by atoms with E-state index in [0.717, 1.165) is 5.56 Å². The fourth-order valence-electron chi connectivity index (χ4n) is 4.37. The van der Waals surface area contributed by atoms with E-state index in [2.05, 4.69) is 5.18 Å². The minimum atomic E-state index is -4.24. The largest absolute Gasteiger partial charge is 0.451 e. The van der Waals surface area contributed by atoms with E-state index < -0.39 is 21.3 Å². The highest BCUT2D eigenvalue weighted by atomic mass is 32.2. The summed E-state index contributed by atoms with van der Waals surface area (Å²) < 4.78 is 33.9. The van der Waals surface area contributed by atoms with Crippen LogP contribution >= 0.6 is 0 Å². The summed E-state index contributed by atoms with van der Waals surface area (Å²) in [5, 5.41) is 3.77. The van der Waals surface area contributed by atoms with Crippen molar-refractivity contribution in [1.82, 2.24) is 4.57 Å². The normalized spacial score (nSPS) is 12.4. The average Bonchev–Trinajstić information content (AvgIpc) is 3.22. The lowest BCUT2D eigenvalue weighted by molar-refractivity contribution is 0.100. The molecule has 0 radical (unpaired) electrons. The Morgan fingerprint density at radius 3 is 2.08 bits per heavy atom. The summed E-state index contributed by atoms with van der Waals surface area (Å²) in [5.74, 6) is -0.543. The predicted octanol–water partition coefficient (Wildman–Crippen LogP) is 4.84. The van der Waals surface area contributed by atoms with Gasteiger partial charge in [0.25, 0.3) is 0 Å². The molecule has 36 heavy (non-hydrogen) atoms. The van der Waals surface area contributed by atoms with E-state index in [9.17, 15) is 18.1 Å². The second kappa shape index (κ2) is 9.27. The van der Waals surface area contributed by atoms with Gasteiger partial charge in [-0.1, -0.05) is 60.7 Å². The Kier molecular flexibility index (Phi) is 5.99. The number of rotatable bonds is 8. The molecule has 1 unspecified atom stereocenters. The third kappa shape index (κ3) is 3.99. The first-order valence-corrected chi connectivity index (χ1v) is 12.6. The number of amides is 1. The first kappa shape index (κ1) is 23.3. The van der Waals surface area contributed by atoms with Gasteiger partial charge in [0.1, 0.15) is 5.75 Å². The Balaban J connectivity index is 1.73. The Bertz CT molecular complexity index is 1700. The molecular formula is C27H21N3O5S. The highest BCUT2D eigenvalue weighted by Gasteiger charge is 2.32. The Morgan fingerprint density at radius 1 is 0.833 bits per heavy atom. The molecule has 0 bridgehead atoms. The van der Waals surface area contributed by atoms with Crippen molar-refractivity contribution >= 4 is 37.6 Å². The van der Waals surface area contributed by atoms with Gasteiger partial charge in [0, 0.05) is 17.5 Å². The molecular weight excluding hydrogens is 478 g/mol. The molecule has 0 aliphatic heterocycles. The Morgan fingerprint density at radius 2 is 1.44 bits per heavy atom. The van der Waals surface area contributed by atoms with E-state index in [1.165, 1.54) is 12.1 Å². The maximum atomic E-state index is 13.1. The van der Waals surface area contributed by atoms with Crippen molar-refractivity contribution in [3.05, 3.63) is 113 Å². The molecule has 5 rings (SSSR count). The topological polar surface area (TPSA) is 121 Å². The van der Waals surface area contributed by atoms with Crippen molar-refractivity contribution in [2.45, 2.75) is 17.0 Å². The smallest absolute Gasteiger partial charge is 0.334 e. The number of ether oxygens (including phenoxy) is 1. The van der Waals surface area contributed by atoms with Crippen molar-refractivity contribution in [3.8, 4) is 5.75 Å². The van der Waals surface area contributed by atoms with Crippen molar-refractivity contribution < 1.29 is 17.9 Å². The number of fused-ring (bicyclic) bond motifs is 3. The molecule has 180 valence electrons. The SMILES string of the molecule is NC(=O)c1cccc2c1c1c(OC(N=O)S(=O)(=O)c3ccccc3)cccc1n2Cc1ccccc1. The van der Waals surface area contributed by atoms with Crippen LogP contribution in [0.1, 0.15) is 15.9 Å². The molecule has 4 aromatic carbocycles. The maximum Gasteiger partial charge on any atom is 0.334 e. The molecule has 5 aromatic rings. The minimum absolute atomic E-state index is 0.0916. The zero-order valence-electron chi connectivity index (χ0n) is 18.9. The third-order valence-corrected chi connectivity index (χ3v) is 7.62. The predicted molar refractivity (Wildman–Crippen MR) is 137 cm³/mol. The van der Waals surface area contributed by atoms with Crippen molar-refractivity contribution in [2.24, 2.45) is 10.9 Å². The lowest BCUT2D eigenvalue weighted by Gasteiger charge is -2.14. The van der Waals surface area contributed by atoms with Crippen LogP contribution in [0.4, 0.5) is 0 Å². The number of benzene rings is 4. The van der Waals surface area contributed by atoms with E-state index in [1.807, 2.05) is 47.0 Å². The van der Waals surface area contributed by atoms with Gasteiger partial charge in [-0.15, -0.1) is 4.91 Å². The van der Waals surface area contributed by atoms with Crippen molar-refractivity contribution in [1.29, 1.82) is 0 Å². The molecule has 8 nitrogen and oxygen atoms in total. The van der Waals surface area contributed by atoms with E-state index in [-0.39, 0.29) is 16.2 Å². The van der Waals surface area contributed by atoms with Crippen LogP contribution in [0.3, 0.4) is 0 Å².